The molecule has 0 bridgehead atoms. The molecule has 0 amide bonds. The van der Waals surface area contributed by atoms with Crippen LogP contribution in [0.1, 0.15) is 28.4 Å². The zero-order valence-electron chi connectivity index (χ0n) is 8.46. The maximum absolute atomic E-state index is 11.6. The van der Waals surface area contributed by atoms with E-state index in [0.29, 0.717) is 5.56 Å². The molecule has 0 radical (unpaired) electrons. The summed E-state index contributed by atoms with van der Waals surface area (Å²) in [4.78, 5) is 11.6. The first-order valence-electron chi connectivity index (χ1n) is 4.47. The van der Waals surface area contributed by atoms with Gasteiger partial charge in [-0.2, -0.15) is 0 Å². The topological polar surface area (TPSA) is 35.5 Å². The van der Waals surface area contributed by atoms with Crippen molar-refractivity contribution in [2.24, 2.45) is 0 Å². The van der Waals surface area contributed by atoms with E-state index in [4.69, 9.17) is 9.47 Å². The first-order valence-corrected chi connectivity index (χ1v) is 4.47. The molecule has 1 aliphatic heterocycles. The summed E-state index contributed by atoms with van der Waals surface area (Å²) in [5, 5.41) is 0. The molecule has 1 aromatic carbocycles. The molecule has 1 unspecified atom stereocenters. The third kappa shape index (κ3) is 1.06. The van der Waals surface area contributed by atoms with Gasteiger partial charge in [-0.25, -0.2) is 4.79 Å². The molecule has 1 atom stereocenters. The molecular formula is C11H12O3. The smallest absolute Gasteiger partial charge is 0.341 e. The van der Waals surface area contributed by atoms with Crippen molar-refractivity contribution >= 4 is 5.97 Å². The van der Waals surface area contributed by atoms with Crippen LogP contribution in [0.15, 0.2) is 18.2 Å². The summed E-state index contributed by atoms with van der Waals surface area (Å²) in [6, 6.07) is 5.64. The highest BCUT2D eigenvalue weighted by Crippen LogP contribution is 2.37. The second kappa shape index (κ2) is 2.82. The molecule has 3 nitrogen and oxygen atoms in total. The second-order valence-corrected chi connectivity index (χ2v) is 3.54. The monoisotopic (exact) mass is 192 g/mol. The fourth-order valence-electron chi connectivity index (χ4n) is 1.75. The van der Waals surface area contributed by atoms with Gasteiger partial charge in [0.25, 0.3) is 0 Å². The summed E-state index contributed by atoms with van der Waals surface area (Å²) in [5.41, 5.74) is 2.37. The molecule has 0 saturated heterocycles. The van der Waals surface area contributed by atoms with Crippen molar-refractivity contribution in [3.8, 4) is 0 Å². The van der Waals surface area contributed by atoms with Crippen LogP contribution in [0.5, 0.6) is 0 Å². The number of benzene rings is 1. The Labute approximate surface area is 82.6 Å². The Kier molecular flexibility index (Phi) is 1.86. The maximum Gasteiger partial charge on any atom is 0.341 e. The van der Waals surface area contributed by atoms with Gasteiger partial charge in [0.2, 0.25) is 5.79 Å². The maximum atomic E-state index is 11.6. The minimum absolute atomic E-state index is 0.303. The van der Waals surface area contributed by atoms with Gasteiger partial charge in [-0.15, -0.1) is 0 Å². The lowest BCUT2D eigenvalue weighted by Gasteiger charge is -2.21. The molecule has 0 aliphatic carbocycles. The van der Waals surface area contributed by atoms with Gasteiger partial charge in [-0.1, -0.05) is 18.2 Å². The zero-order chi connectivity index (χ0) is 10.3. The Morgan fingerprint density at radius 1 is 1.43 bits per heavy atom. The van der Waals surface area contributed by atoms with Crippen LogP contribution in [-0.4, -0.2) is 13.1 Å². The molecule has 3 heteroatoms. The van der Waals surface area contributed by atoms with Gasteiger partial charge in [0.05, 0.1) is 5.56 Å². The van der Waals surface area contributed by atoms with E-state index < -0.39 is 5.79 Å². The minimum Gasteiger partial charge on any atom is -0.425 e. The first kappa shape index (κ1) is 9.21. The SMILES string of the molecule is COC1(C)OC(=O)c2c(C)cccc21. The molecule has 0 spiro atoms. The molecule has 74 valence electrons. The highest BCUT2D eigenvalue weighted by Gasteiger charge is 2.42. The van der Waals surface area contributed by atoms with Crippen LogP contribution in [0.4, 0.5) is 0 Å². The van der Waals surface area contributed by atoms with Crippen LogP contribution >= 0.6 is 0 Å². The number of hydrogen-bond donors (Lipinski definition) is 0. The molecule has 0 fully saturated rings. The third-order valence-corrected chi connectivity index (χ3v) is 2.64. The number of ether oxygens (including phenoxy) is 2. The summed E-state index contributed by atoms with van der Waals surface area (Å²) in [7, 11) is 1.53. The van der Waals surface area contributed by atoms with Crippen LogP contribution in [0, 0.1) is 6.92 Å². The Balaban J connectivity index is 2.66. The Morgan fingerprint density at radius 3 is 2.79 bits per heavy atom. The van der Waals surface area contributed by atoms with E-state index in [2.05, 4.69) is 0 Å². The van der Waals surface area contributed by atoms with Gasteiger partial charge in [0, 0.05) is 19.6 Å². The number of carbonyl (C=O) groups excluding carboxylic acids is 1. The zero-order valence-corrected chi connectivity index (χ0v) is 8.46. The van der Waals surface area contributed by atoms with Crippen molar-refractivity contribution < 1.29 is 14.3 Å². The number of cyclic esters (lactones) is 1. The normalized spacial score (nSPS) is 24.6. The molecule has 0 aromatic heterocycles. The van der Waals surface area contributed by atoms with Crippen molar-refractivity contribution in [3.63, 3.8) is 0 Å². The highest BCUT2D eigenvalue weighted by molar-refractivity contribution is 5.95. The summed E-state index contributed by atoms with van der Waals surface area (Å²) < 4.78 is 10.4. The molecule has 0 saturated carbocycles. The van der Waals surface area contributed by atoms with Crippen LogP contribution in [-0.2, 0) is 15.3 Å². The largest absolute Gasteiger partial charge is 0.425 e. The number of esters is 1. The molecule has 0 N–H and O–H groups in total. The van der Waals surface area contributed by atoms with E-state index in [9.17, 15) is 4.79 Å². The standard InChI is InChI=1S/C11H12O3/c1-7-5-4-6-8-9(7)10(12)14-11(8,2)13-3/h4-6H,1-3H3. The predicted molar refractivity (Wildman–Crippen MR) is 51.0 cm³/mol. The van der Waals surface area contributed by atoms with Crippen LogP contribution in [0.25, 0.3) is 0 Å². The number of aryl methyl sites for hydroxylation is 1. The summed E-state index contributed by atoms with van der Waals surface area (Å²) in [6.45, 7) is 3.64. The third-order valence-electron chi connectivity index (χ3n) is 2.64. The van der Waals surface area contributed by atoms with Gasteiger partial charge >= 0.3 is 5.97 Å². The van der Waals surface area contributed by atoms with E-state index >= 15 is 0 Å². The molecular weight excluding hydrogens is 180 g/mol. The molecule has 2 rings (SSSR count). The number of fused-ring (bicyclic) bond motifs is 1. The number of methoxy groups -OCH3 is 1. The van der Waals surface area contributed by atoms with Gasteiger partial charge < -0.3 is 9.47 Å². The highest BCUT2D eigenvalue weighted by atomic mass is 16.7. The van der Waals surface area contributed by atoms with E-state index in [0.717, 1.165) is 11.1 Å². The lowest BCUT2D eigenvalue weighted by atomic mass is 9.99. The molecule has 1 heterocycles. The predicted octanol–water partition coefficient (Wildman–Crippen LogP) is 1.98. The van der Waals surface area contributed by atoms with Gasteiger partial charge in [-0.3, -0.25) is 0 Å². The minimum atomic E-state index is -0.918. The van der Waals surface area contributed by atoms with Gasteiger partial charge in [-0.05, 0) is 12.5 Å². The average Bonchev–Trinajstić information content (AvgIpc) is 2.41. The number of rotatable bonds is 1. The van der Waals surface area contributed by atoms with Crippen molar-refractivity contribution in [3.05, 3.63) is 34.9 Å². The van der Waals surface area contributed by atoms with E-state index in [1.807, 2.05) is 25.1 Å². The quantitative estimate of drug-likeness (QED) is 0.638. The lowest BCUT2D eigenvalue weighted by Crippen LogP contribution is -2.23. The summed E-state index contributed by atoms with van der Waals surface area (Å²) in [5.74, 6) is -1.22. The molecule has 14 heavy (non-hydrogen) atoms. The van der Waals surface area contributed by atoms with Gasteiger partial charge in [0.15, 0.2) is 0 Å². The fraction of sp³-hybridized carbons (Fsp3) is 0.364. The van der Waals surface area contributed by atoms with Crippen LogP contribution < -0.4 is 0 Å². The van der Waals surface area contributed by atoms with Crippen LogP contribution in [0.3, 0.4) is 0 Å². The Morgan fingerprint density at radius 2 is 2.14 bits per heavy atom. The Bertz CT molecular complexity index is 398. The number of hydrogen-bond acceptors (Lipinski definition) is 3. The van der Waals surface area contributed by atoms with Crippen LogP contribution in [0.2, 0.25) is 0 Å². The van der Waals surface area contributed by atoms with Gasteiger partial charge in [0.1, 0.15) is 0 Å². The molecule has 1 aromatic rings. The lowest BCUT2D eigenvalue weighted by molar-refractivity contribution is -0.172. The van der Waals surface area contributed by atoms with E-state index in [-0.39, 0.29) is 5.97 Å². The number of carbonyl (C=O) groups is 1. The van der Waals surface area contributed by atoms with Crippen molar-refractivity contribution in [2.45, 2.75) is 19.6 Å². The Hall–Kier alpha value is -1.35. The van der Waals surface area contributed by atoms with E-state index in [1.165, 1.54) is 7.11 Å². The average molecular weight is 192 g/mol. The van der Waals surface area contributed by atoms with Crippen molar-refractivity contribution in [2.75, 3.05) is 7.11 Å². The fourth-order valence-corrected chi connectivity index (χ4v) is 1.75. The van der Waals surface area contributed by atoms with Crippen molar-refractivity contribution in [1.82, 2.24) is 0 Å². The van der Waals surface area contributed by atoms with Crippen molar-refractivity contribution in [1.29, 1.82) is 0 Å². The van der Waals surface area contributed by atoms with E-state index in [1.54, 1.807) is 6.92 Å². The summed E-state index contributed by atoms with van der Waals surface area (Å²) in [6.07, 6.45) is 0. The summed E-state index contributed by atoms with van der Waals surface area (Å²) >= 11 is 0. The first-order chi connectivity index (χ1) is 6.58. The second-order valence-electron chi connectivity index (χ2n) is 3.54. The molecule has 1 aliphatic rings.